The number of para-hydroxylation sites is 1. The van der Waals surface area contributed by atoms with E-state index in [1.807, 2.05) is 18.2 Å². The van der Waals surface area contributed by atoms with E-state index in [-0.39, 0.29) is 5.78 Å². The zero-order valence-corrected chi connectivity index (χ0v) is 11.1. The van der Waals surface area contributed by atoms with Crippen LogP contribution in [0.5, 0.6) is 5.75 Å². The molecule has 1 aliphatic heterocycles. The van der Waals surface area contributed by atoms with Gasteiger partial charge in [0.2, 0.25) is 0 Å². The number of halogens is 1. The second kappa shape index (κ2) is 5.06. The Morgan fingerprint density at radius 2 is 2.00 bits per heavy atom. The van der Waals surface area contributed by atoms with Crippen molar-refractivity contribution in [3.63, 3.8) is 0 Å². The van der Waals surface area contributed by atoms with E-state index in [1.54, 1.807) is 24.3 Å². The molecule has 0 amide bonds. The van der Waals surface area contributed by atoms with Crippen molar-refractivity contribution in [3.05, 3.63) is 64.2 Å². The third-order valence-corrected chi connectivity index (χ3v) is 3.50. The van der Waals surface area contributed by atoms with Gasteiger partial charge in [0, 0.05) is 10.6 Å². The smallest absolute Gasteiger partial charge is 0.196 e. The molecule has 3 heteroatoms. The highest BCUT2D eigenvalue weighted by Gasteiger charge is 2.20. The number of carbonyl (C=O) groups is 1. The number of hydrogen-bond donors (Lipinski definition) is 0. The van der Waals surface area contributed by atoms with Gasteiger partial charge in [-0.05, 0) is 36.6 Å². The molecule has 96 valence electrons. The van der Waals surface area contributed by atoms with Crippen LogP contribution >= 0.6 is 11.6 Å². The first kappa shape index (κ1) is 12.2. The fourth-order valence-corrected chi connectivity index (χ4v) is 2.54. The van der Waals surface area contributed by atoms with Crippen LogP contribution < -0.4 is 4.74 Å². The number of benzene rings is 2. The Hall–Kier alpha value is -1.80. The van der Waals surface area contributed by atoms with Crippen LogP contribution in [0.15, 0.2) is 42.5 Å². The molecule has 2 aromatic carbocycles. The highest BCUT2D eigenvalue weighted by atomic mass is 35.5. The largest absolute Gasteiger partial charge is 0.493 e. The molecule has 0 fully saturated rings. The maximum Gasteiger partial charge on any atom is 0.196 e. The number of hydrogen-bond acceptors (Lipinski definition) is 2. The summed E-state index contributed by atoms with van der Waals surface area (Å²) in [4.78, 5) is 12.5. The molecule has 0 bridgehead atoms. The SMILES string of the molecule is O=C(c1cccc(Cl)c1)c1cccc2c1OCCC2. The summed E-state index contributed by atoms with van der Waals surface area (Å²) >= 11 is 5.94. The lowest BCUT2D eigenvalue weighted by Gasteiger charge is -2.19. The van der Waals surface area contributed by atoms with Gasteiger partial charge in [-0.2, -0.15) is 0 Å². The predicted octanol–water partition coefficient (Wildman–Crippen LogP) is 3.90. The topological polar surface area (TPSA) is 26.3 Å². The minimum absolute atomic E-state index is 0.0405. The van der Waals surface area contributed by atoms with E-state index in [0.29, 0.717) is 22.8 Å². The average Bonchev–Trinajstić information content (AvgIpc) is 2.46. The van der Waals surface area contributed by atoms with Crippen LogP contribution in [0.3, 0.4) is 0 Å². The van der Waals surface area contributed by atoms with Crippen LogP contribution in [0.25, 0.3) is 0 Å². The molecule has 1 aliphatic rings. The molecule has 0 atom stereocenters. The molecule has 2 nitrogen and oxygen atoms in total. The minimum Gasteiger partial charge on any atom is -0.493 e. The zero-order valence-electron chi connectivity index (χ0n) is 10.4. The zero-order chi connectivity index (χ0) is 13.2. The van der Waals surface area contributed by atoms with Crippen LogP contribution in [0, 0.1) is 0 Å². The van der Waals surface area contributed by atoms with Gasteiger partial charge in [0.05, 0.1) is 12.2 Å². The molecule has 0 spiro atoms. The summed E-state index contributed by atoms with van der Waals surface area (Å²) in [6.45, 7) is 0.673. The van der Waals surface area contributed by atoms with Crippen molar-refractivity contribution in [3.8, 4) is 5.75 Å². The van der Waals surface area contributed by atoms with Crippen molar-refractivity contribution in [1.29, 1.82) is 0 Å². The average molecular weight is 273 g/mol. The number of rotatable bonds is 2. The van der Waals surface area contributed by atoms with Crippen molar-refractivity contribution in [1.82, 2.24) is 0 Å². The Kier molecular flexibility index (Phi) is 3.26. The molecule has 0 unspecified atom stereocenters. The van der Waals surface area contributed by atoms with Crippen LogP contribution in [0.4, 0.5) is 0 Å². The second-order valence-corrected chi connectivity index (χ2v) is 5.02. The van der Waals surface area contributed by atoms with E-state index in [9.17, 15) is 4.79 Å². The van der Waals surface area contributed by atoms with Crippen LogP contribution in [-0.2, 0) is 6.42 Å². The molecule has 0 aromatic heterocycles. The van der Waals surface area contributed by atoms with Gasteiger partial charge < -0.3 is 4.74 Å². The molecule has 19 heavy (non-hydrogen) atoms. The van der Waals surface area contributed by atoms with Crippen LogP contribution in [-0.4, -0.2) is 12.4 Å². The van der Waals surface area contributed by atoms with E-state index >= 15 is 0 Å². The minimum atomic E-state index is -0.0405. The van der Waals surface area contributed by atoms with Crippen molar-refractivity contribution in [2.45, 2.75) is 12.8 Å². The fourth-order valence-electron chi connectivity index (χ4n) is 2.35. The summed E-state index contributed by atoms with van der Waals surface area (Å²) < 4.78 is 5.67. The Morgan fingerprint density at radius 3 is 2.84 bits per heavy atom. The van der Waals surface area contributed by atoms with Gasteiger partial charge in [-0.25, -0.2) is 0 Å². The highest BCUT2D eigenvalue weighted by molar-refractivity contribution is 6.31. The number of ketones is 1. The lowest BCUT2D eigenvalue weighted by atomic mass is 9.97. The summed E-state index contributed by atoms with van der Waals surface area (Å²) in [7, 11) is 0. The normalized spacial score (nSPS) is 13.5. The summed E-state index contributed by atoms with van der Waals surface area (Å²) in [5.41, 5.74) is 2.33. The van der Waals surface area contributed by atoms with Gasteiger partial charge in [-0.1, -0.05) is 35.9 Å². The number of carbonyl (C=O) groups excluding carboxylic acids is 1. The fraction of sp³-hybridized carbons (Fsp3) is 0.188. The Morgan fingerprint density at radius 1 is 1.16 bits per heavy atom. The standard InChI is InChI=1S/C16H13ClO2/c17-13-7-1-5-12(10-13)15(18)14-8-2-4-11-6-3-9-19-16(11)14/h1-2,4-5,7-8,10H,3,6,9H2. The molecule has 1 heterocycles. The first-order chi connectivity index (χ1) is 9.25. The molecule has 0 N–H and O–H groups in total. The number of ether oxygens (including phenoxy) is 1. The first-order valence-corrected chi connectivity index (χ1v) is 6.68. The van der Waals surface area contributed by atoms with Gasteiger partial charge in [0.1, 0.15) is 5.75 Å². The second-order valence-electron chi connectivity index (χ2n) is 4.59. The molecule has 0 saturated heterocycles. The molecule has 0 radical (unpaired) electrons. The molecule has 3 rings (SSSR count). The molecular formula is C16H13ClO2. The van der Waals surface area contributed by atoms with Gasteiger partial charge in [0.25, 0.3) is 0 Å². The third-order valence-electron chi connectivity index (χ3n) is 3.26. The van der Waals surface area contributed by atoms with E-state index in [2.05, 4.69) is 0 Å². The molecule has 2 aromatic rings. The Bertz CT molecular complexity index is 634. The lowest BCUT2D eigenvalue weighted by Crippen LogP contribution is -2.13. The molecular weight excluding hydrogens is 260 g/mol. The maximum absolute atomic E-state index is 12.5. The van der Waals surface area contributed by atoms with E-state index in [4.69, 9.17) is 16.3 Å². The predicted molar refractivity (Wildman–Crippen MR) is 75.1 cm³/mol. The van der Waals surface area contributed by atoms with Gasteiger partial charge in [-0.15, -0.1) is 0 Å². The van der Waals surface area contributed by atoms with Crippen molar-refractivity contribution in [2.75, 3.05) is 6.61 Å². The van der Waals surface area contributed by atoms with Gasteiger partial charge in [0.15, 0.2) is 5.78 Å². The number of fused-ring (bicyclic) bond motifs is 1. The van der Waals surface area contributed by atoms with E-state index in [1.165, 1.54) is 0 Å². The first-order valence-electron chi connectivity index (χ1n) is 6.30. The summed E-state index contributed by atoms with van der Waals surface area (Å²) in [5.74, 6) is 0.694. The van der Waals surface area contributed by atoms with Crippen molar-refractivity contribution >= 4 is 17.4 Å². The van der Waals surface area contributed by atoms with Crippen molar-refractivity contribution < 1.29 is 9.53 Å². The summed E-state index contributed by atoms with van der Waals surface area (Å²) in [6, 6.07) is 12.7. The Balaban J connectivity index is 2.05. The van der Waals surface area contributed by atoms with E-state index < -0.39 is 0 Å². The monoisotopic (exact) mass is 272 g/mol. The third kappa shape index (κ3) is 2.36. The summed E-state index contributed by atoms with van der Waals surface area (Å²) in [5, 5.41) is 0.566. The molecule has 0 aliphatic carbocycles. The van der Waals surface area contributed by atoms with Gasteiger partial charge in [-0.3, -0.25) is 4.79 Å². The highest BCUT2D eigenvalue weighted by Crippen LogP contribution is 2.30. The van der Waals surface area contributed by atoms with Crippen LogP contribution in [0.2, 0.25) is 5.02 Å². The Labute approximate surface area is 117 Å². The quantitative estimate of drug-likeness (QED) is 0.775. The van der Waals surface area contributed by atoms with Crippen molar-refractivity contribution in [2.24, 2.45) is 0 Å². The number of aryl methyl sites for hydroxylation is 1. The maximum atomic E-state index is 12.5. The van der Waals surface area contributed by atoms with E-state index in [0.717, 1.165) is 24.2 Å². The van der Waals surface area contributed by atoms with Gasteiger partial charge >= 0.3 is 0 Å². The summed E-state index contributed by atoms with van der Waals surface area (Å²) in [6.07, 6.45) is 1.97. The molecule has 0 saturated carbocycles. The lowest BCUT2D eigenvalue weighted by molar-refractivity contribution is 0.103. The van der Waals surface area contributed by atoms with Crippen LogP contribution in [0.1, 0.15) is 27.9 Å².